The van der Waals surface area contributed by atoms with Gasteiger partial charge < -0.3 is 14.8 Å². The fourth-order valence-corrected chi connectivity index (χ4v) is 2.70. The summed E-state index contributed by atoms with van der Waals surface area (Å²) in [7, 11) is 0. The molecule has 2 N–H and O–H groups in total. The van der Waals surface area contributed by atoms with Crippen molar-refractivity contribution in [3.05, 3.63) is 51.4 Å². The molecule has 3 rings (SSSR count). The summed E-state index contributed by atoms with van der Waals surface area (Å²) in [6, 6.07) is 7.77. The van der Waals surface area contributed by atoms with Crippen LogP contribution in [0.3, 0.4) is 0 Å². The smallest absolute Gasteiger partial charge is 0.302 e. The number of H-pyrrole nitrogens is 1. The van der Waals surface area contributed by atoms with Gasteiger partial charge >= 0.3 is 5.97 Å². The van der Waals surface area contributed by atoms with E-state index in [1.807, 2.05) is 24.3 Å². The third-order valence-corrected chi connectivity index (χ3v) is 3.71. The molecule has 0 amide bonds. The summed E-state index contributed by atoms with van der Waals surface area (Å²) in [6.07, 6.45) is 1.49. The van der Waals surface area contributed by atoms with Crippen LogP contribution in [0.1, 0.15) is 23.7 Å². The number of aromatic nitrogens is 1. The van der Waals surface area contributed by atoms with Crippen LogP contribution in [0.4, 0.5) is 0 Å². The van der Waals surface area contributed by atoms with Gasteiger partial charge in [0.15, 0.2) is 0 Å². The summed E-state index contributed by atoms with van der Waals surface area (Å²) in [5.74, 6) is -0.589. The summed E-state index contributed by atoms with van der Waals surface area (Å²) in [5.41, 5.74) is 3.08. The molecule has 0 atom stereocenters. The molecule has 1 aliphatic carbocycles. The van der Waals surface area contributed by atoms with Crippen molar-refractivity contribution in [3.8, 4) is 16.9 Å². The lowest BCUT2D eigenvalue weighted by Crippen LogP contribution is -2.20. The van der Waals surface area contributed by atoms with Gasteiger partial charge in [0.2, 0.25) is 0 Å². The monoisotopic (exact) mass is 285 g/mol. The number of esters is 1. The van der Waals surface area contributed by atoms with Crippen LogP contribution in [-0.2, 0) is 29.0 Å². The topological polar surface area (TPSA) is 79.4 Å². The van der Waals surface area contributed by atoms with Gasteiger partial charge in [0.05, 0.1) is 5.56 Å². The Bertz CT molecular complexity index is 776. The maximum atomic E-state index is 12.0. The quantitative estimate of drug-likeness (QED) is 0.826. The number of benzene rings is 1. The molecule has 5 nitrogen and oxygen atoms in total. The minimum atomic E-state index is -0.494. The molecule has 0 fully saturated rings. The van der Waals surface area contributed by atoms with E-state index in [4.69, 9.17) is 4.74 Å². The standard InChI is InChI=1S/C16H15NO4/c1-9(18)21-8-12-15(19)14-11-5-3-2-4-10(11)6-7-13(14)17-16(12)20/h2-5H,6-8H2,1H3,(H2,17,19,20). The molecular weight excluding hydrogens is 270 g/mol. The van der Waals surface area contributed by atoms with Gasteiger partial charge in [-0.25, -0.2) is 0 Å². The lowest BCUT2D eigenvalue weighted by Gasteiger charge is -2.21. The fourth-order valence-electron chi connectivity index (χ4n) is 2.70. The van der Waals surface area contributed by atoms with E-state index in [0.29, 0.717) is 12.0 Å². The zero-order chi connectivity index (χ0) is 15.0. The first-order valence-corrected chi connectivity index (χ1v) is 6.76. The highest BCUT2D eigenvalue weighted by molar-refractivity contribution is 5.78. The molecule has 1 heterocycles. The highest BCUT2D eigenvalue weighted by Crippen LogP contribution is 2.39. The van der Waals surface area contributed by atoms with Crippen molar-refractivity contribution < 1.29 is 14.6 Å². The van der Waals surface area contributed by atoms with E-state index in [9.17, 15) is 14.7 Å². The first-order chi connectivity index (χ1) is 10.1. The SMILES string of the molecule is CC(=O)OCc1c(O)c2c([nH]c1=O)CCc1ccccc1-2. The van der Waals surface area contributed by atoms with Crippen molar-refractivity contribution in [2.75, 3.05) is 0 Å². The van der Waals surface area contributed by atoms with Crippen LogP contribution < -0.4 is 5.56 Å². The largest absolute Gasteiger partial charge is 0.507 e. The molecule has 1 aromatic heterocycles. The summed E-state index contributed by atoms with van der Waals surface area (Å²) >= 11 is 0. The van der Waals surface area contributed by atoms with E-state index in [1.54, 1.807) is 0 Å². The zero-order valence-electron chi connectivity index (χ0n) is 11.6. The average molecular weight is 285 g/mol. The number of carbonyl (C=O) groups excluding carboxylic acids is 1. The number of rotatable bonds is 2. The lowest BCUT2D eigenvalue weighted by molar-refractivity contribution is -0.142. The molecular formula is C16H15NO4. The number of carbonyl (C=O) groups is 1. The van der Waals surface area contributed by atoms with E-state index in [0.717, 1.165) is 23.2 Å². The van der Waals surface area contributed by atoms with Gasteiger partial charge in [-0.05, 0) is 24.0 Å². The second-order valence-electron chi connectivity index (χ2n) is 5.07. The Kier molecular flexibility index (Phi) is 3.25. The van der Waals surface area contributed by atoms with Crippen molar-refractivity contribution >= 4 is 5.97 Å². The zero-order valence-corrected chi connectivity index (χ0v) is 11.6. The van der Waals surface area contributed by atoms with Crippen LogP contribution in [0, 0.1) is 0 Å². The molecule has 0 saturated carbocycles. The highest BCUT2D eigenvalue weighted by Gasteiger charge is 2.23. The maximum Gasteiger partial charge on any atom is 0.302 e. The van der Waals surface area contributed by atoms with Crippen LogP contribution in [0.25, 0.3) is 11.1 Å². The van der Waals surface area contributed by atoms with Gasteiger partial charge in [-0.2, -0.15) is 0 Å². The number of aromatic amines is 1. The molecule has 0 unspecified atom stereocenters. The predicted octanol–water partition coefficient (Wildman–Crippen LogP) is 1.91. The van der Waals surface area contributed by atoms with Crippen LogP contribution in [0.2, 0.25) is 0 Å². The number of aromatic hydroxyl groups is 1. The van der Waals surface area contributed by atoms with Gasteiger partial charge in [-0.15, -0.1) is 0 Å². The lowest BCUT2D eigenvalue weighted by atomic mass is 9.87. The first-order valence-electron chi connectivity index (χ1n) is 6.76. The van der Waals surface area contributed by atoms with Gasteiger partial charge in [0, 0.05) is 18.2 Å². The number of pyridine rings is 1. The molecule has 2 aromatic rings. The van der Waals surface area contributed by atoms with Gasteiger partial charge in [-0.1, -0.05) is 24.3 Å². The Hall–Kier alpha value is -2.56. The fraction of sp³-hybridized carbons (Fsp3) is 0.250. The molecule has 1 aromatic carbocycles. The minimum Gasteiger partial charge on any atom is -0.507 e. The Balaban J connectivity index is 2.16. The second kappa shape index (κ2) is 5.09. The molecule has 0 aliphatic heterocycles. The third kappa shape index (κ3) is 2.31. The molecule has 21 heavy (non-hydrogen) atoms. The normalized spacial score (nSPS) is 12.4. The van der Waals surface area contributed by atoms with Crippen molar-refractivity contribution in [3.63, 3.8) is 0 Å². The summed E-state index contributed by atoms with van der Waals surface area (Å²) in [5, 5.41) is 10.5. The number of fused-ring (bicyclic) bond motifs is 3. The number of ether oxygens (including phenoxy) is 1. The summed E-state index contributed by atoms with van der Waals surface area (Å²) in [6.45, 7) is 1.03. The van der Waals surface area contributed by atoms with Crippen molar-refractivity contribution in [2.45, 2.75) is 26.4 Å². The Morgan fingerprint density at radius 1 is 1.33 bits per heavy atom. The minimum absolute atomic E-state index is 0.0839. The Morgan fingerprint density at radius 3 is 2.86 bits per heavy atom. The van der Waals surface area contributed by atoms with E-state index in [2.05, 4.69) is 4.98 Å². The Labute approximate surface area is 121 Å². The van der Waals surface area contributed by atoms with Gasteiger partial charge in [0.1, 0.15) is 12.4 Å². The molecule has 1 aliphatic rings. The second-order valence-corrected chi connectivity index (χ2v) is 5.07. The maximum absolute atomic E-state index is 12.0. The van der Waals surface area contributed by atoms with Gasteiger partial charge in [-0.3, -0.25) is 9.59 Å². The van der Waals surface area contributed by atoms with Crippen molar-refractivity contribution in [2.24, 2.45) is 0 Å². The molecule has 5 heteroatoms. The van der Waals surface area contributed by atoms with E-state index < -0.39 is 11.5 Å². The molecule has 0 spiro atoms. The van der Waals surface area contributed by atoms with Crippen LogP contribution >= 0.6 is 0 Å². The van der Waals surface area contributed by atoms with E-state index in [1.165, 1.54) is 6.92 Å². The molecule has 0 bridgehead atoms. The van der Waals surface area contributed by atoms with Crippen LogP contribution in [0.5, 0.6) is 5.75 Å². The average Bonchev–Trinajstić information content (AvgIpc) is 2.46. The van der Waals surface area contributed by atoms with Crippen molar-refractivity contribution in [1.82, 2.24) is 4.98 Å². The van der Waals surface area contributed by atoms with Crippen LogP contribution in [-0.4, -0.2) is 16.1 Å². The van der Waals surface area contributed by atoms with E-state index in [-0.39, 0.29) is 17.9 Å². The summed E-state index contributed by atoms with van der Waals surface area (Å²) in [4.78, 5) is 25.7. The van der Waals surface area contributed by atoms with Crippen LogP contribution in [0.15, 0.2) is 29.1 Å². The highest BCUT2D eigenvalue weighted by atomic mass is 16.5. The Morgan fingerprint density at radius 2 is 2.10 bits per heavy atom. The van der Waals surface area contributed by atoms with E-state index >= 15 is 0 Å². The molecule has 0 radical (unpaired) electrons. The third-order valence-electron chi connectivity index (χ3n) is 3.71. The molecule has 0 saturated heterocycles. The summed E-state index contributed by atoms with van der Waals surface area (Å²) < 4.78 is 4.85. The number of hydrogen-bond acceptors (Lipinski definition) is 4. The molecule has 108 valence electrons. The van der Waals surface area contributed by atoms with Gasteiger partial charge in [0.25, 0.3) is 5.56 Å². The predicted molar refractivity (Wildman–Crippen MR) is 77.0 cm³/mol. The first kappa shape index (κ1) is 13.4. The van der Waals surface area contributed by atoms with Crippen molar-refractivity contribution in [1.29, 1.82) is 0 Å². The number of aryl methyl sites for hydroxylation is 2. The number of hydrogen-bond donors (Lipinski definition) is 2. The number of nitrogens with one attached hydrogen (secondary N) is 1.